The van der Waals surface area contributed by atoms with Crippen LogP contribution in [0.25, 0.3) is 43.8 Å². The van der Waals surface area contributed by atoms with Gasteiger partial charge in [-0.1, -0.05) is 74.5 Å². The SMILES string of the molecule is C[Si]C.Cc1cc2c(-c3ccc(C)c(C)c3C)cccc2[cH-]1.Cc1cc2c(-c3ccc(C)c(C)c3C)cccc2[cH-]1.[Cl][Zr+2][Cl]. The molecule has 0 aliphatic carbocycles. The molecule has 0 aliphatic rings. The summed E-state index contributed by atoms with van der Waals surface area (Å²) in [6.07, 6.45) is 0. The molecule has 0 bridgehead atoms. The average molecular weight is 715 g/mol. The summed E-state index contributed by atoms with van der Waals surface area (Å²) in [4.78, 5) is 0. The Labute approximate surface area is 287 Å². The van der Waals surface area contributed by atoms with E-state index in [2.05, 4.69) is 153 Å². The summed E-state index contributed by atoms with van der Waals surface area (Å²) >= 11 is -0.826. The fourth-order valence-corrected chi connectivity index (χ4v) is 5.73. The zero-order chi connectivity index (χ0) is 32.6. The molecule has 0 saturated carbocycles. The van der Waals surface area contributed by atoms with Gasteiger partial charge in [-0.15, -0.1) is 69.1 Å². The van der Waals surface area contributed by atoms with Gasteiger partial charge in [0.2, 0.25) is 0 Å². The predicted molar refractivity (Wildman–Crippen MR) is 197 cm³/mol. The van der Waals surface area contributed by atoms with Crippen molar-refractivity contribution in [3.8, 4) is 22.3 Å². The Balaban J connectivity index is 0.000000204. The summed E-state index contributed by atoms with van der Waals surface area (Å²) in [7, 11) is 11.0. The van der Waals surface area contributed by atoms with Crippen molar-refractivity contribution in [1.29, 1.82) is 0 Å². The van der Waals surface area contributed by atoms with Gasteiger partial charge >= 0.3 is 37.9 Å². The molecule has 0 spiro atoms. The Morgan fingerprint density at radius 3 is 1.18 bits per heavy atom. The Hall–Kier alpha value is -2.22. The van der Waals surface area contributed by atoms with Crippen LogP contribution in [0.5, 0.6) is 0 Å². The first-order valence-electron chi connectivity index (χ1n) is 15.0. The van der Waals surface area contributed by atoms with Crippen LogP contribution in [0.1, 0.15) is 44.5 Å². The van der Waals surface area contributed by atoms with Gasteiger partial charge in [-0.05, 0) is 86.1 Å². The van der Waals surface area contributed by atoms with E-state index in [4.69, 9.17) is 17.0 Å². The van der Waals surface area contributed by atoms with Crippen LogP contribution in [0.3, 0.4) is 0 Å². The molecule has 6 rings (SSSR count). The normalized spacial score (nSPS) is 10.3. The summed E-state index contributed by atoms with van der Waals surface area (Å²) in [6.45, 7) is 21.9. The first-order valence-corrected chi connectivity index (χ1v) is 23.3. The third-order valence-electron chi connectivity index (χ3n) is 8.49. The molecular formula is C40H44Cl2SiZr. The van der Waals surface area contributed by atoms with Gasteiger partial charge in [0, 0.05) is 9.52 Å². The molecule has 0 amide bonds. The monoisotopic (exact) mass is 712 g/mol. The quantitative estimate of drug-likeness (QED) is 0.124. The number of rotatable bonds is 2. The van der Waals surface area contributed by atoms with Gasteiger partial charge in [0.15, 0.2) is 0 Å². The van der Waals surface area contributed by atoms with Crippen LogP contribution >= 0.6 is 17.0 Å². The third-order valence-corrected chi connectivity index (χ3v) is 8.49. The van der Waals surface area contributed by atoms with Crippen molar-refractivity contribution in [2.75, 3.05) is 0 Å². The summed E-state index contributed by atoms with van der Waals surface area (Å²) in [5.74, 6) is 0. The summed E-state index contributed by atoms with van der Waals surface area (Å²) in [5.41, 5.74) is 16.4. The predicted octanol–water partition coefficient (Wildman–Crippen LogP) is 13.1. The third kappa shape index (κ3) is 8.52. The van der Waals surface area contributed by atoms with Gasteiger partial charge in [-0.25, -0.2) is 0 Å². The fraction of sp³-hybridized carbons (Fsp3) is 0.250. The van der Waals surface area contributed by atoms with Crippen LogP contribution in [0.4, 0.5) is 0 Å². The summed E-state index contributed by atoms with van der Waals surface area (Å²) in [5, 5.41) is 5.41. The van der Waals surface area contributed by atoms with E-state index in [0.717, 1.165) is 9.52 Å². The minimum atomic E-state index is -0.826. The van der Waals surface area contributed by atoms with Gasteiger partial charge in [0.05, 0.1) is 0 Å². The molecule has 0 N–H and O–H groups in total. The molecule has 0 aliphatic heterocycles. The number of benzene rings is 4. The van der Waals surface area contributed by atoms with Crippen molar-refractivity contribution in [3.05, 3.63) is 129 Å². The Morgan fingerprint density at radius 1 is 0.500 bits per heavy atom. The fourth-order valence-electron chi connectivity index (χ4n) is 5.73. The van der Waals surface area contributed by atoms with E-state index < -0.39 is 20.8 Å². The molecule has 44 heavy (non-hydrogen) atoms. The van der Waals surface area contributed by atoms with Crippen molar-refractivity contribution < 1.29 is 20.8 Å². The molecule has 4 heteroatoms. The maximum absolute atomic E-state index is 4.93. The molecule has 6 aromatic rings. The van der Waals surface area contributed by atoms with Crippen molar-refractivity contribution in [3.63, 3.8) is 0 Å². The molecule has 6 aromatic carbocycles. The Kier molecular flexibility index (Phi) is 13.9. The van der Waals surface area contributed by atoms with Gasteiger partial charge in [-0.2, -0.15) is 12.1 Å². The molecule has 0 aromatic heterocycles. The van der Waals surface area contributed by atoms with Crippen molar-refractivity contribution in [1.82, 2.24) is 0 Å². The molecule has 226 valence electrons. The van der Waals surface area contributed by atoms with Crippen LogP contribution in [0.15, 0.2) is 84.9 Å². The van der Waals surface area contributed by atoms with Crippen molar-refractivity contribution in [2.45, 2.75) is 68.5 Å². The second kappa shape index (κ2) is 16.9. The van der Waals surface area contributed by atoms with Crippen molar-refractivity contribution >= 4 is 48.1 Å². The minimum absolute atomic E-state index is 0.826. The van der Waals surface area contributed by atoms with E-state index in [1.807, 2.05) is 0 Å². The number of halogens is 2. The summed E-state index contributed by atoms with van der Waals surface area (Å²) < 4.78 is 0. The Bertz CT molecular complexity index is 1700. The number of aryl methyl sites for hydroxylation is 4. The van der Waals surface area contributed by atoms with E-state index in [0.29, 0.717) is 0 Å². The average Bonchev–Trinajstić information content (AvgIpc) is 3.57. The van der Waals surface area contributed by atoms with E-state index in [-0.39, 0.29) is 0 Å². The molecule has 0 fully saturated rings. The zero-order valence-corrected chi connectivity index (χ0v) is 32.8. The number of fused-ring (bicyclic) bond motifs is 2. The first-order chi connectivity index (χ1) is 21.0. The standard InChI is InChI=1S/2C19H19.C2H6Si.2ClH.Zr/c2*1-12-10-16-6-5-7-18(19(16)11-12)17-9-8-13(2)14(3)15(17)4;1-3-2;;;/h2*5-11H,1-4H3;1-2H3;2*1H;/q2*-1;;;;+4/p-2. The molecule has 0 saturated heterocycles. The van der Waals surface area contributed by atoms with Crippen LogP contribution in [0, 0.1) is 55.4 Å². The second-order valence-electron chi connectivity index (χ2n) is 11.6. The molecular weight excluding hydrogens is 671 g/mol. The molecule has 0 heterocycles. The van der Waals surface area contributed by atoms with Crippen LogP contribution < -0.4 is 0 Å². The van der Waals surface area contributed by atoms with E-state index in [1.54, 1.807) is 0 Å². The number of hydrogen-bond acceptors (Lipinski definition) is 0. The molecule has 0 unspecified atom stereocenters. The second-order valence-corrected chi connectivity index (χ2v) is 16.3. The van der Waals surface area contributed by atoms with Crippen LogP contribution in [-0.4, -0.2) is 9.52 Å². The molecule has 2 radical (unpaired) electrons. The van der Waals surface area contributed by atoms with Gasteiger partial charge in [0.25, 0.3) is 0 Å². The summed E-state index contributed by atoms with van der Waals surface area (Å²) in [6, 6.07) is 31.3. The van der Waals surface area contributed by atoms with Gasteiger partial charge < -0.3 is 0 Å². The topological polar surface area (TPSA) is 0 Å². The van der Waals surface area contributed by atoms with E-state index in [9.17, 15) is 0 Å². The van der Waals surface area contributed by atoms with Crippen LogP contribution in [0.2, 0.25) is 13.1 Å². The van der Waals surface area contributed by atoms with E-state index >= 15 is 0 Å². The molecule has 0 atom stereocenters. The number of hydrogen-bond donors (Lipinski definition) is 0. The first kappa shape index (κ1) is 36.3. The molecule has 0 nitrogen and oxygen atoms in total. The zero-order valence-electron chi connectivity index (χ0n) is 27.8. The van der Waals surface area contributed by atoms with E-state index in [1.165, 1.54) is 88.3 Å². The van der Waals surface area contributed by atoms with Crippen molar-refractivity contribution in [2.24, 2.45) is 0 Å². The Morgan fingerprint density at radius 2 is 0.841 bits per heavy atom. The van der Waals surface area contributed by atoms with Gasteiger partial charge in [0.1, 0.15) is 0 Å². The van der Waals surface area contributed by atoms with Gasteiger partial charge in [-0.3, -0.25) is 0 Å². The maximum atomic E-state index is 4.93. The van der Waals surface area contributed by atoms with Crippen LogP contribution in [-0.2, 0) is 20.8 Å².